The molecule has 151 valence electrons. The molecule has 0 aromatic heterocycles. The van der Waals surface area contributed by atoms with Gasteiger partial charge in [-0.25, -0.2) is 0 Å². The van der Waals surface area contributed by atoms with Gasteiger partial charge in [-0.15, -0.1) is 0 Å². The maximum Gasteiger partial charge on any atom is 0.130 e. The van der Waals surface area contributed by atoms with Gasteiger partial charge in [-0.2, -0.15) is 0 Å². The molecule has 6 heteroatoms. The van der Waals surface area contributed by atoms with Gasteiger partial charge in [0.1, 0.15) is 23.0 Å². The Morgan fingerprint density at radius 3 is 2.03 bits per heavy atom. The van der Waals surface area contributed by atoms with Gasteiger partial charge in [-0.05, 0) is 78.6 Å². The maximum absolute atomic E-state index is 6.07. The molecular formula is C24H15Cl4O2. The minimum atomic E-state index is 0.456. The van der Waals surface area contributed by atoms with Crippen LogP contribution in [0, 0.1) is 6.42 Å². The molecule has 3 aromatic rings. The Hall–Kier alpha value is -2.10. The first-order chi connectivity index (χ1) is 14.5. The van der Waals surface area contributed by atoms with Gasteiger partial charge in [0.05, 0.1) is 10.0 Å². The molecule has 0 aliphatic heterocycles. The molecule has 0 heterocycles. The van der Waals surface area contributed by atoms with Crippen molar-refractivity contribution in [3.8, 4) is 17.2 Å². The van der Waals surface area contributed by atoms with Crippen molar-refractivity contribution in [2.24, 2.45) is 0 Å². The van der Waals surface area contributed by atoms with E-state index < -0.39 is 0 Å². The number of allylic oxidation sites excluding steroid dienone is 3. The third kappa shape index (κ3) is 5.33. The third-order valence-electron chi connectivity index (χ3n) is 4.34. The number of hydrogen-bond acceptors (Lipinski definition) is 2. The van der Waals surface area contributed by atoms with Crippen LogP contribution in [0.3, 0.4) is 0 Å². The Balaban J connectivity index is 1.48. The summed E-state index contributed by atoms with van der Waals surface area (Å²) >= 11 is 24.1. The Labute approximate surface area is 195 Å². The van der Waals surface area contributed by atoms with Crippen LogP contribution in [0.1, 0.15) is 12.0 Å². The molecule has 0 spiro atoms. The highest BCUT2D eigenvalue weighted by Gasteiger charge is 2.11. The Morgan fingerprint density at radius 1 is 0.633 bits per heavy atom. The lowest BCUT2D eigenvalue weighted by Gasteiger charge is -2.15. The van der Waals surface area contributed by atoms with Crippen LogP contribution in [0.2, 0.25) is 20.1 Å². The molecule has 0 atom stereocenters. The monoisotopic (exact) mass is 475 g/mol. The van der Waals surface area contributed by atoms with E-state index >= 15 is 0 Å². The van der Waals surface area contributed by atoms with Crippen LogP contribution in [-0.2, 0) is 0 Å². The summed E-state index contributed by atoms with van der Waals surface area (Å²) in [5.41, 5.74) is 2.11. The topological polar surface area (TPSA) is 18.5 Å². The summed E-state index contributed by atoms with van der Waals surface area (Å²) in [6, 6.07) is 18.1. The van der Waals surface area contributed by atoms with Crippen molar-refractivity contribution >= 4 is 52.0 Å². The SMILES string of the molecule is Clc1cc(Cl)cc(Oc2ccc(C3=CC(Oc4ccc(Cl)c(Cl)c4)=CC[CH]3)cc2)c1. The second kappa shape index (κ2) is 9.36. The summed E-state index contributed by atoms with van der Waals surface area (Å²) in [6.07, 6.45) is 6.89. The van der Waals surface area contributed by atoms with Gasteiger partial charge in [0.25, 0.3) is 0 Å². The van der Waals surface area contributed by atoms with E-state index in [1.54, 1.807) is 36.4 Å². The molecule has 1 radical (unpaired) electrons. The standard InChI is InChI=1S/C24H15Cl4O2/c25-17-11-18(26)13-22(12-17)29-19-6-4-15(5-7-19)16-2-1-3-20(10-16)30-21-8-9-23(27)24(28)14-21/h2-14H,1H2. The van der Waals surface area contributed by atoms with Crippen molar-refractivity contribution in [2.75, 3.05) is 0 Å². The summed E-state index contributed by atoms with van der Waals surface area (Å²) in [5, 5.41) is 2.00. The van der Waals surface area contributed by atoms with Gasteiger partial charge in [-0.1, -0.05) is 58.5 Å². The normalized spacial score (nSPS) is 13.5. The lowest BCUT2D eigenvalue weighted by molar-refractivity contribution is 0.441. The fraction of sp³-hybridized carbons (Fsp3) is 0.0417. The highest BCUT2D eigenvalue weighted by Crippen LogP contribution is 2.32. The van der Waals surface area contributed by atoms with E-state index in [1.165, 1.54) is 0 Å². The molecule has 0 unspecified atom stereocenters. The summed E-state index contributed by atoms with van der Waals surface area (Å²) in [7, 11) is 0. The molecule has 0 saturated carbocycles. The molecule has 30 heavy (non-hydrogen) atoms. The first kappa shape index (κ1) is 21.1. The second-order valence-corrected chi connectivity index (χ2v) is 8.24. The number of benzene rings is 3. The zero-order valence-electron chi connectivity index (χ0n) is 15.5. The average molecular weight is 477 g/mol. The van der Waals surface area contributed by atoms with E-state index in [9.17, 15) is 0 Å². The summed E-state index contributed by atoms with van der Waals surface area (Å²) in [5.74, 6) is 2.66. The van der Waals surface area contributed by atoms with Crippen LogP contribution >= 0.6 is 46.4 Å². The van der Waals surface area contributed by atoms with Gasteiger partial charge in [0, 0.05) is 16.1 Å². The summed E-state index contributed by atoms with van der Waals surface area (Å²) in [6.45, 7) is 0. The van der Waals surface area contributed by atoms with E-state index in [2.05, 4.69) is 6.42 Å². The Morgan fingerprint density at radius 2 is 1.33 bits per heavy atom. The first-order valence-electron chi connectivity index (χ1n) is 9.09. The van der Waals surface area contributed by atoms with Gasteiger partial charge in [0.15, 0.2) is 0 Å². The predicted molar refractivity (Wildman–Crippen MR) is 125 cm³/mol. The van der Waals surface area contributed by atoms with Crippen LogP contribution in [0.4, 0.5) is 0 Å². The molecular weight excluding hydrogens is 462 g/mol. The van der Waals surface area contributed by atoms with Gasteiger partial charge < -0.3 is 9.47 Å². The van der Waals surface area contributed by atoms with Crippen molar-refractivity contribution < 1.29 is 9.47 Å². The second-order valence-electron chi connectivity index (χ2n) is 6.56. The minimum absolute atomic E-state index is 0.456. The number of rotatable bonds is 5. The van der Waals surface area contributed by atoms with Crippen molar-refractivity contribution in [3.05, 3.63) is 111 Å². The van der Waals surface area contributed by atoms with Gasteiger partial charge in [-0.3, -0.25) is 0 Å². The van der Waals surface area contributed by atoms with Crippen molar-refractivity contribution in [2.45, 2.75) is 6.42 Å². The molecule has 3 aromatic carbocycles. The zero-order chi connectivity index (χ0) is 21.1. The van der Waals surface area contributed by atoms with E-state index in [1.807, 2.05) is 36.4 Å². The molecule has 0 fully saturated rings. The molecule has 0 N–H and O–H groups in total. The molecule has 4 rings (SSSR count). The number of hydrogen-bond donors (Lipinski definition) is 0. The molecule has 1 aliphatic carbocycles. The summed E-state index contributed by atoms with van der Waals surface area (Å²) in [4.78, 5) is 0. The van der Waals surface area contributed by atoms with Crippen LogP contribution < -0.4 is 9.47 Å². The third-order valence-corrected chi connectivity index (χ3v) is 5.52. The van der Waals surface area contributed by atoms with E-state index in [0.29, 0.717) is 37.3 Å². The van der Waals surface area contributed by atoms with Crippen molar-refractivity contribution in [1.82, 2.24) is 0 Å². The predicted octanol–water partition coefficient (Wildman–Crippen LogP) is 9.05. The molecule has 0 amide bonds. The van der Waals surface area contributed by atoms with E-state index in [0.717, 1.165) is 23.3 Å². The highest BCUT2D eigenvalue weighted by molar-refractivity contribution is 6.42. The number of ether oxygens (including phenoxy) is 2. The largest absolute Gasteiger partial charge is 0.458 e. The van der Waals surface area contributed by atoms with E-state index in [-0.39, 0.29) is 0 Å². The van der Waals surface area contributed by atoms with Crippen molar-refractivity contribution in [1.29, 1.82) is 0 Å². The Bertz CT molecular complexity index is 1110. The minimum Gasteiger partial charge on any atom is -0.458 e. The lowest BCUT2D eigenvalue weighted by Crippen LogP contribution is -1.99. The van der Waals surface area contributed by atoms with Crippen LogP contribution in [0.5, 0.6) is 17.2 Å². The van der Waals surface area contributed by atoms with Crippen LogP contribution in [0.15, 0.2) is 78.6 Å². The van der Waals surface area contributed by atoms with Crippen LogP contribution in [0.25, 0.3) is 5.57 Å². The highest BCUT2D eigenvalue weighted by atomic mass is 35.5. The molecule has 0 saturated heterocycles. The van der Waals surface area contributed by atoms with Crippen molar-refractivity contribution in [3.63, 3.8) is 0 Å². The molecule has 0 bridgehead atoms. The van der Waals surface area contributed by atoms with Crippen LogP contribution in [-0.4, -0.2) is 0 Å². The first-order valence-corrected chi connectivity index (χ1v) is 10.6. The van der Waals surface area contributed by atoms with E-state index in [4.69, 9.17) is 55.9 Å². The Kier molecular flexibility index (Phi) is 6.60. The number of halogens is 4. The van der Waals surface area contributed by atoms with Gasteiger partial charge >= 0.3 is 0 Å². The van der Waals surface area contributed by atoms with Gasteiger partial charge in [0.2, 0.25) is 0 Å². The smallest absolute Gasteiger partial charge is 0.130 e. The molecule has 2 nitrogen and oxygen atoms in total. The lowest BCUT2D eigenvalue weighted by atomic mass is 9.96. The maximum atomic E-state index is 6.07. The fourth-order valence-electron chi connectivity index (χ4n) is 2.96. The zero-order valence-corrected chi connectivity index (χ0v) is 18.6. The quantitative estimate of drug-likeness (QED) is 0.365. The summed E-state index contributed by atoms with van der Waals surface area (Å²) < 4.78 is 11.8. The molecule has 1 aliphatic rings. The fourth-order valence-corrected chi connectivity index (χ4v) is 3.75. The average Bonchev–Trinajstić information content (AvgIpc) is 2.71.